The Kier molecular flexibility index (Phi) is 3.13. The molecule has 2 rings (SSSR count). The number of rotatable bonds is 3. The lowest BCUT2D eigenvalue weighted by atomic mass is 10.1. The van der Waals surface area contributed by atoms with Gasteiger partial charge in [-0.15, -0.1) is 0 Å². The van der Waals surface area contributed by atoms with Crippen LogP contribution in [0, 0.1) is 0 Å². The van der Waals surface area contributed by atoms with Crippen LogP contribution in [0.4, 0.5) is 13.2 Å². The molecule has 0 bridgehead atoms. The van der Waals surface area contributed by atoms with Crippen molar-refractivity contribution in [3.05, 3.63) is 30.0 Å². The minimum Gasteiger partial charge on any atom is -0.292 e. The van der Waals surface area contributed by atoms with E-state index in [0.29, 0.717) is 10.9 Å². The van der Waals surface area contributed by atoms with E-state index in [1.165, 1.54) is 4.68 Å². The van der Waals surface area contributed by atoms with Crippen molar-refractivity contribution in [1.82, 2.24) is 9.78 Å². The molecule has 0 aliphatic rings. The summed E-state index contributed by atoms with van der Waals surface area (Å²) >= 11 is 0. The number of fused-ring (bicyclic) bond motifs is 1. The SMILES string of the molecule is Cn1nc(C(=O)CC(=O)C(F)(F)F)c2ccccc21. The van der Waals surface area contributed by atoms with Crippen LogP contribution in [-0.2, 0) is 11.8 Å². The third-order valence-corrected chi connectivity index (χ3v) is 2.66. The van der Waals surface area contributed by atoms with Crippen molar-refractivity contribution >= 4 is 22.5 Å². The monoisotopic (exact) mass is 270 g/mol. The smallest absolute Gasteiger partial charge is 0.292 e. The van der Waals surface area contributed by atoms with Gasteiger partial charge in [0.15, 0.2) is 5.78 Å². The van der Waals surface area contributed by atoms with Crippen LogP contribution in [0.3, 0.4) is 0 Å². The largest absolute Gasteiger partial charge is 0.450 e. The second kappa shape index (κ2) is 4.49. The summed E-state index contributed by atoms with van der Waals surface area (Å²) < 4.78 is 37.7. The van der Waals surface area contributed by atoms with Crippen LogP contribution in [0.2, 0.25) is 0 Å². The van der Waals surface area contributed by atoms with Crippen molar-refractivity contribution in [2.75, 3.05) is 0 Å². The predicted molar refractivity (Wildman–Crippen MR) is 60.7 cm³/mol. The Morgan fingerprint density at radius 1 is 1.26 bits per heavy atom. The average molecular weight is 270 g/mol. The lowest BCUT2D eigenvalue weighted by Crippen LogP contribution is -2.25. The van der Waals surface area contributed by atoms with Crippen LogP contribution in [0.25, 0.3) is 10.9 Å². The highest BCUT2D eigenvalue weighted by Crippen LogP contribution is 2.22. The van der Waals surface area contributed by atoms with Crippen molar-refractivity contribution in [2.24, 2.45) is 7.05 Å². The molecule has 0 unspecified atom stereocenters. The van der Waals surface area contributed by atoms with Crippen LogP contribution in [0.15, 0.2) is 24.3 Å². The van der Waals surface area contributed by atoms with E-state index in [1.54, 1.807) is 31.3 Å². The predicted octanol–water partition coefficient (Wildman–Crippen LogP) is 2.28. The Bertz CT molecular complexity index is 659. The minimum atomic E-state index is -5.00. The molecule has 0 aliphatic heterocycles. The highest BCUT2D eigenvalue weighted by molar-refractivity contribution is 6.14. The normalized spacial score (nSPS) is 11.8. The van der Waals surface area contributed by atoms with Crippen molar-refractivity contribution in [2.45, 2.75) is 12.6 Å². The summed E-state index contributed by atoms with van der Waals surface area (Å²) in [6, 6.07) is 6.63. The number of carbonyl (C=O) groups is 2. The fourth-order valence-electron chi connectivity index (χ4n) is 1.75. The first kappa shape index (κ1) is 13.3. The molecule has 19 heavy (non-hydrogen) atoms. The van der Waals surface area contributed by atoms with Gasteiger partial charge in [0.2, 0.25) is 5.78 Å². The molecule has 0 N–H and O–H groups in total. The van der Waals surface area contributed by atoms with Crippen molar-refractivity contribution in [3.8, 4) is 0 Å². The molecule has 0 aliphatic carbocycles. The Hall–Kier alpha value is -2.18. The first-order chi connectivity index (χ1) is 8.80. The molecule has 0 spiro atoms. The van der Waals surface area contributed by atoms with E-state index in [9.17, 15) is 22.8 Å². The summed E-state index contributed by atoms with van der Waals surface area (Å²) in [7, 11) is 1.57. The van der Waals surface area contributed by atoms with Crippen LogP contribution < -0.4 is 0 Å². The molecule has 0 amide bonds. The Morgan fingerprint density at radius 3 is 2.53 bits per heavy atom. The zero-order valence-corrected chi connectivity index (χ0v) is 9.86. The number of carbonyl (C=O) groups excluding carboxylic acids is 2. The van der Waals surface area contributed by atoms with Gasteiger partial charge in [0.25, 0.3) is 0 Å². The number of hydrogen-bond acceptors (Lipinski definition) is 3. The third kappa shape index (κ3) is 2.49. The Morgan fingerprint density at radius 2 is 1.89 bits per heavy atom. The molecule has 0 atom stereocenters. The van der Waals surface area contributed by atoms with Gasteiger partial charge in [0, 0.05) is 12.4 Å². The van der Waals surface area contributed by atoms with Gasteiger partial charge in [-0.2, -0.15) is 18.3 Å². The third-order valence-electron chi connectivity index (χ3n) is 2.66. The van der Waals surface area contributed by atoms with Crippen LogP contribution >= 0.6 is 0 Å². The first-order valence-electron chi connectivity index (χ1n) is 5.35. The highest BCUT2D eigenvalue weighted by Gasteiger charge is 2.39. The van der Waals surface area contributed by atoms with Crippen molar-refractivity contribution in [1.29, 1.82) is 0 Å². The molecule has 0 saturated heterocycles. The molecule has 100 valence electrons. The molecule has 4 nitrogen and oxygen atoms in total. The zero-order chi connectivity index (χ0) is 14.2. The summed E-state index contributed by atoms with van der Waals surface area (Å²) in [6.45, 7) is 0. The molecular weight excluding hydrogens is 261 g/mol. The molecular formula is C12H9F3N2O2. The number of halogens is 3. The summed E-state index contributed by atoms with van der Waals surface area (Å²) in [4.78, 5) is 22.5. The van der Waals surface area contributed by atoms with E-state index in [2.05, 4.69) is 5.10 Å². The highest BCUT2D eigenvalue weighted by atomic mass is 19.4. The summed E-state index contributed by atoms with van der Waals surface area (Å²) in [5.74, 6) is -2.99. The minimum absolute atomic E-state index is 0.115. The second-order valence-electron chi connectivity index (χ2n) is 4.01. The summed E-state index contributed by atoms with van der Waals surface area (Å²) in [5.41, 5.74) is 0.501. The number of para-hydroxylation sites is 1. The van der Waals surface area contributed by atoms with E-state index in [-0.39, 0.29) is 5.69 Å². The van der Waals surface area contributed by atoms with Gasteiger partial charge in [0.1, 0.15) is 5.69 Å². The van der Waals surface area contributed by atoms with Crippen molar-refractivity contribution in [3.63, 3.8) is 0 Å². The quantitative estimate of drug-likeness (QED) is 0.635. The van der Waals surface area contributed by atoms with Gasteiger partial charge < -0.3 is 0 Å². The van der Waals surface area contributed by atoms with Gasteiger partial charge in [-0.05, 0) is 6.07 Å². The van der Waals surface area contributed by atoms with Gasteiger partial charge in [0.05, 0.1) is 11.9 Å². The fourth-order valence-corrected chi connectivity index (χ4v) is 1.75. The molecule has 0 saturated carbocycles. The maximum absolute atomic E-state index is 12.1. The lowest BCUT2D eigenvalue weighted by molar-refractivity contribution is -0.170. The summed E-state index contributed by atoms with van der Waals surface area (Å²) in [5, 5.41) is 4.31. The van der Waals surface area contributed by atoms with Crippen LogP contribution in [0.1, 0.15) is 16.9 Å². The van der Waals surface area contributed by atoms with E-state index in [4.69, 9.17) is 0 Å². The fraction of sp³-hybridized carbons (Fsp3) is 0.250. The maximum Gasteiger partial charge on any atom is 0.450 e. The molecule has 1 aromatic heterocycles. The standard InChI is InChI=1S/C12H9F3N2O2/c1-17-8-5-3-2-4-7(8)11(16-17)9(18)6-10(19)12(13,14)15/h2-5H,6H2,1H3. The molecule has 7 heteroatoms. The maximum atomic E-state index is 12.1. The Balaban J connectivity index is 2.35. The van der Waals surface area contributed by atoms with E-state index < -0.39 is 24.2 Å². The number of alkyl halides is 3. The molecule has 0 radical (unpaired) electrons. The summed E-state index contributed by atoms with van der Waals surface area (Å²) in [6.07, 6.45) is -6.22. The first-order valence-corrected chi connectivity index (χ1v) is 5.35. The number of aryl methyl sites for hydroxylation is 1. The molecule has 0 fully saturated rings. The van der Waals surface area contributed by atoms with Crippen molar-refractivity contribution < 1.29 is 22.8 Å². The molecule has 2 aromatic rings. The Labute approximate surface area is 105 Å². The van der Waals surface area contributed by atoms with Gasteiger partial charge in [-0.3, -0.25) is 14.3 Å². The number of Topliss-reactive ketones (excluding diaryl/α,β-unsaturated/α-hetero) is 2. The van der Waals surface area contributed by atoms with E-state index in [0.717, 1.165) is 0 Å². The van der Waals surface area contributed by atoms with Gasteiger partial charge >= 0.3 is 6.18 Å². The second-order valence-corrected chi connectivity index (χ2v) is 4.01. The van der Waals surface area contributed by atoms with Crippen LogP contribution in [0.5, 0.6) is 0 Å². The van der Waals surface area contributed by atoms with Gasteiger partial charge in [-0.25, -0.2) is 0 Å². The topological polar surface area (TPSA) is 52.0 Å². The molecule has 1 aromatic carbocycles. The number of benzene rings is 1. The zero-order valence-electron chi connectivity index (χ0n) is 9.86. The number of nitrogens with zero attached hydrogens (tertiary/aromatic N) is 2. The lowest BCUT2D eigenvalue weighted by Gasteiger charge is -2.02. The van der Waals surface area contributed by atoms with Crippen LogP contribution in [-0.4, -0.2) is 27.5 Å². The van der Waals surface area contributed by atoms with E-state index in [1.807, 2.05) is 0 Å². The average Bonchev–Trinajstić information content (AvgIpc) is 2.66. The van der Waals surface area contributed by atoms with Gasteiger partial charge in [-0.1, -0.05) is 18.2 Å². The number of hydrogen-bond donors (Lipinski definition) is 0. The van der Waals surface area contributed by atoms with E-state index >= 15 is 0 Å². The number of ketones is 2. The number of aromatic nitrogens is 2. The molecule has 1 heterocycles.